The Morgan fingerprint density at radius 1 is 1.30 bits per heavy atom. The fourth-order valence-corrected chi connectivity index (χ4v) is 3.95. The maximum Gasteiger partial charge on any atom is 0.231 e. The predicted molar refractivity (Wildman–Crippen MR) is 80.5 cm³/mol. The second kappa shape index (κ2) is 5.75. The highest BCUT2D eigenvalue weighted by atomic mass is 32.1. The maximum absolute atomic E-state index is 12.7. The third-order valence-corrected chi connectivity index (χ3v) is 5.13. The molecule has 0 bridgehead atoms. The number of hydrogen-bond donors (Lipinski definition) is 1. The summed E-state index contributed by atoms with van der Waals surface area (Å²) in [6.07, 6.45) is 7.75. The summed E-state index contributed by atoms with van der Waals surface area (Å²) in [4.78, 5) is 18.0. The smallest absolute Gasteiger partial charge is 0.231 e. The molecule has 0 aromatic carbocycles. The molecule has 2 aromatic heterocycles. The first kappa shape index (κ1) is 13.3. The van der Waals surface area contributed by atoms with Crippen LogP contribution in [0, 0.1) is 0 Å². The molecule has 3 rings (SSSR count). The summed E-state index contributed by atoms with van der Waals surface area (Å²) in [5.41, 5.74) is 0.747. The van der Waals surface area contributed by atoms with E-state index in [0.717, 1.165) is 31.2 Å². The standard InChI is InChI=1S/C16H18N2OS/c19-15(18-12-13-5-3-9-17-11-13)16(7-1-2-8-16)14-6-4-10-20-14/h3-6,9-11H,1-2,7-8,12H2,(H,18,19). The molecule has 1 aliphatic carbocycles. The zero-order valence-corrected chi connectivity index (χ0v) is 12.2. The van der Waals surface area contributed by atoms with E-state index < -0.39 is 0 Å². The number of carbonyl (C=O) groups is 1. The van der Waals surface area contributed by atoms with Crippen molar-refractivity contribution in [1.29, 1.82) is 0 Å². The van der Waals surface area contributed by atoms with Gasteiger partial charge in [-0.05, 0) is 35.9 Å². The molecule has 4 heteroatoms. The molecule has 1 amide bonds. The maximum atomic E-state index is 12.7. The Bertz CT molecular complexity index is 559. The summed E-state index contributed by atoms with van der Waals surface area (Å²) in [6.45, 7) is 0.555. The molecule has 0 radical (unpaired) electrons. The Kier molecular flexibility index (Phi) is 3.83. The molecule has 3 nitrogen and oxygen atoms in total. The van der Waals surface area contributed by atoms with Gasteiger partial charge in [-0.2, -0.15) is 0 Å². The first-order valence-electron chi connectivity index (χ1n) is 7.02. The number of pyridine rings is 1. The molecule has 0 saturated heterocycles. The molecule has 0 unspecified atom stereocenters. The van der Waals surface area contributed by atoms with Crippen molar-refractivity contribution in [3.63, 3.8) is 0 Å². The molecule has 1 fully saturated rings. The van der Waals surface area contributed by atoms with Crippen molar-refractivity contribution < 1.29 is 4.79 Å². The van der Waals surface area contributed by atoms with Gasteiger partial charge in [-0.15, -0.1) is 11.3 Å². The Hall–Kier alpha value is -1.68. The van der Waals surface area contributed by atoms with Crippen LogP contribution < -0.4 is 5.32 Å². The van der Waals surface area contributed by atoms with Crippen LogP contribution in [0.15, 0.2) is 42.0 Å². The van der Waals surface area contributed by atoms with Gasteiger partial charge >= 0.3 is 0 Å². The van der Waals surface area contributed by atoms with Gasteiger partial charge in [0.1, 0.15) is 0 Å². The van der Waals surface area contributed by atoms with Crippen molar-refractivity contribution in [1.82, 2.24) is 10.3 Å². The van der Waals surface area contributed by atoms with Crippen molar-refractivity contribution in [2.75, 3.05) is 0 Å². The quantitative estimate of drug-likeness (QED) is 0.937. The Balaban J connectivity index is 1.74. The van der Waals surface area contributed by atoms with Crippen LogP contribution in [0.5, 0.6) is 0 Å². The van der Waals surface area contributed by atoms with Crippen molar-refractivity contribution >= 4 is 17.2 Å². The summed E-state index contributed by atoms with van der Waals surface area (Å²) >= 11 is 1.70. The van der Waals surface area contributed by atoms with Gasteiger partial charge in [-0.25, -0.2) is 0 Å². The first-order valence-corrected chi connectivity index (χ1v) is 7.90. The molecule has 104 valence electrons. The summed E-state index contributed by atoms with van der Waals surface area (Å²) in [5, 5.41) is 5.16. The molecule has 1 N–H and O–H groups in total. The number of aromatic nitrogens is 1. The van der Waals surface area contributed by atoms with Crippen LogP contribution in [0.2, 0.25) is 0 Å². The fraction of sp³-hybridized carbons (Fsp3) is 0.375. The monoisotopic (exact) mass is 286 g/mol. The first-order chi connectivity index (χ1) is 9.81. The highest BCUT2D eigenvalue weighted by Gasteiger charge is 2.43. The van der Waals surface area contributed by atoms with Gasteiger partial charge in [0.15, 0.2) is 0 Å². The third-order valence-electron chi connectivity index (χ3n) is 4.06. The lowest BCUT2D eigenvalue weighted by molar-refractivity contribution is -0.126. The summed E-state index contributed by atoms with van der Waals surface area (Å²) in [5.74, 6) is 0.168. The normalized spacial score (nSPS) is 17.0. The summed E-state index contributed by atoms with van der Waals surface area (Å²) in [7, 11) is 0. The van der Waals surface area contributed by atoms with Crippen LogP contribution in [0.25, 0.3) is 0 Å². The van der Waals surface area contributed by atoms with E-state index in [1.54, 1.807) is 23.7 Å². The summed E-state index contributed by atoms with van der Waals surface area (Å²) in [6, 6.07) is 8.01. The van der Waals surface area contributed by atoms with Crippen molar-refractivity contribution in [3.05, 3.63) is 52.5 Å². The molecule has 20 heavy (non-hydrogen) atoms. The van der Waals surface area contributed by atoms with Gasteiger partial charge in [0, 0.05) is 23.8 Å². The molecule has 1 aliphatic rings. The number of thiophene rings is 1. The lowest BCUT2D eigenvalue weighted by Gasteiger charge is -2.26. The average Bonchev–Trinajstić information content (AvgIpc) is 3.17. The van der Waals surface area contributed by atoms with E-state index in [2.05, 4.69) is 21.7 Å². The number of rotatable bonds is 4. The zero-order valence-electron chi connectivity index (χ0n) is 11.3. The van der Waals surface area contributed by atoms with Crippen LogP contribution >= 0.6 is 11.3 Å². The number of amides is 1. The topological polar surface area (TPSA) is 42.0 Å². The van der Waals surface area contributed by atoms with Gasteiger partial charge in [0.2, 0.25) is 5.91 Å². The van der Waals surface area contributed by atoms with E-state index in [-0.39, 0.29) is 11.3 Å². The molecule has 0 aliphatic heterocycles. The molecule has 2 aromatic rings. The second-order valence-corrected chi connectivity index (χ2v) is 6.26. The lowest BCUT2D eigenvalue weighted by atomic mass is 9.83. The largest absolute Gasteiger partial charge is 0.351 e. The lowest BCUT2D eigenvalue weighted by Crippen LogP contribution is -2.41. The van der Waals surface area contributed by atoms with E-state index in [1.807, 2.05) is 18.2 Å². The van der Waals surface area contributed by atoms with Gasteiger partial charge in [0.05, 0.1) is 5.41 Å². The third kappa shape index (κ3) is 2.48. The van der Waals surface area contributed by atoms with Crippen molar-refractivity contribution in [3.8, 4) is 0 Å². The van der Waals surface area contributed by atoms with Crippen molar-refractivity contribution in [2.45, 2.75) is 37.6 Å². The van der Waals surface area contributed by atoms with E-state index in [0.29, 0.717) is 6.54 Å². The molecule has 0 atom stereocenters. The number of hydrogen-bond acceptors (Lipinski definition) is 3. The van der Waals surface area contributed by atoms with E-state index in [4.69, 9.17) is 0 Å². The minimum Gasteiger partial charge on any atom is -0.351 e. The van der Waals surface area contributed by atoms with Gasteiger partial charge in [0.25, 0.3) is 0 Å². The molecule has 2 heterocycles. The number of carbonyl (C=O) groups excluding carboxylic acids is 1. The number of nitrogens with one attached hydrogen (secondary N) is 1. The highest BCUT2D eigenvalue weighted by molar-refractivity contribution is 7.10. The van der Waals surface area contributed by atoms with Gasteiger partial charge < -0.3 is 5.32 Å². The Morgan fingerprint density at radius 2 is 2.15 bits per heavy atom. The Labute approximate surface area is 123 Å². The van der Waals surface area contributed by atoms with E-state index in [1.165, 1.54) is 4.88 Å². The fourth-order valence-electron chi connectivity index (χ4n) is 2.97. The van der Waals surface area contributed by atoms with E-state index in [9.17, 15) is 4.79 Å². The van der Waals surface area contributed by atoms with Crippen LogP contribution in [-0.4, -0.2) is 10.9 Å². The Morgan fingerprint density at radius 3 is 2.80 bits per heavy atom. The van der Waals surface area contributed by atoms with E-state index >= 15 is 0 Å². The average molecular weight is 286 g/mol. The molecular weight excluding hydrogens is 268 g/mol. The highest BCUT2D eigenvalue weighted by Crippen LogP contribution is 2.43. The van der Waals surface area contributed by atoms with Crippen LogP contribution in [0.3, 0.4) is 0 Å². The minimum atomic E-state index is -0.295. The number of nitrogens with zero attached hydrogens (tertiary/aromatic N) is 1. The van der Waals surface area contributed by atoms with Crippen LogP contribution in [0.4, 0.5) is 0 Å². The van der Waals surface area contributed by atoms with Crippen molar-refractivity contribution in [2.24, 2.45) is 0 Å². The van der Waals surface area contributed by atoms with Crippen LogP contribution in [0.1, 0.15) is 36.1 Å². The van der Waals surface area contributed by atoms with Gasteiger partial charge in [-0.3, -0.25) is 9.78 Å². The SMILES string of the molecule is O=C(NCc1cccnc1)C1(c2cccs2)CCCC1. The molecular formula is C16H18N2OS. The minimum absolute atomic E-state index is 0.168. The van der Waals surface area contributed by atoms with Gasteiger partial charge in [-0.1, -0.05) is 25.0 Å². The second-order valence-electron chi connectivity index (χ2n) is 5.31. The van der Waals surface area contributed by atoms with Crippen LogP contribution in [-0.2, 0) is 16.8 Å². The summed E-state index contributed by atoms with van der Waals surface area (Å²) < 4.78 is 0. The zero-order chi connectivity index (χ0) is 13.8. The molecule has 0 spiro atoms. The molecule has 1 saturated carbocycles. The predicted octanol–water partition coefficient (Wildman–Crippen LogP) is 3.27.